The summed E-state index contributed by atoms with van der Waals surface area (Å²) in [6, 6.07) is 0.615. The molecule has 2 aliphatic rings. The summed E-state index contributed by atoms with van der Waals surface area (Å²) in [6.45, 7) is 6.69. The molecule has 1 saturated heterocycles. The molecule has 1 atom stereocenters. The third-order valence-corrected chi connectivity index (χ3v) is 3.27. The van der Waals surface area contributed by atoms with Gasteiger partial charge in [0.1, 0.15) is 0 Å². The Morgan fingerprint density at radius 1 is 1.47 bits per heavy atom. The number of aliphatic imine (C=N–C) groups is 1. The third-order valence-electron chi connectivity index (χ3n) is 3.27. The van der Waals surface area contributed by atoms with Gasteiger partial charge in [-0.3, -0.25) is 4.99 Å². The summed E-state index contributed by atoms with van der Waals surface area (Å²) in [5, 5.41) is 3.22. The number of rotatable bonds is 4. The standard InChI is InChI=1S/C11H22N4/c1-2-15-6-5-9(8-15)7-13-11(12)14-10-3-4-10/h9-10H,2-8H2,1H3,(H3,12,13,14). The third kappa shape index (κ3) is 3.38. The van der Waals surface area contributed by atoms with Gasteiger partial charge in [-0.05, 0) is 38.3 Å². The van der Waals surface area contributed by atoms with Crippen LogP contribution in [0.2, 0.25) is 0 Å². The summed E-state index contributed by atoms with van der Waals surface area (Å²) in [5.41, 5.74) is 5.79. The van der Waals surface area contributed by atoms with Gasteiger partial charge in [0.15, 0.2) is 5.96 Å². The summed E-state index contributed by atoms with van der Waals surface area (Å²) >= 11 is 0. The molecular formula is C11H22N4. The number of nitrogens with zero attached hydrogens (tertiary/aromatic N) is 2. The maximum Gasteiger partial charge on any atom is 0.188 e. The predicted molar refractivity (Wildman–Crippen MR) is 62.9 cm³/mol. The van der Waals surface area contributed by atoms with Crippen molar-refractivity contribution in [3.8, 4) is 0 Å². The topological polar surface area (TPSA) is 53.6 Å². The minimum Gasteiger partial charge on any atom is -0.370 e. The summed E-state index contributed by atoms with van der Waals surface area (Å²) in [7, 11) is 0. The normalized spacial score (nSPS) is 28.3. The Balaban J connectivity index is 1.67. The zero-order chi connectivity index (χ0) is 10.7. The molecule has 3 N–H and O–H groups in total. The average Bonchev–Trinajstić information content (AvgIpc) is 2.92. The van der Waals surface area contributed by atoms with Crippen molar-refractivity contribution >= 4 is 5.96 Å². The first-order chi connectivity index (χ1) is 7.28. The number of nitrogens with one attached hydrogen (secondary N) is 1. The molecule has 0 aromatic carbocycles. The summed E-state index contributed by atoms with van der Waals surface area (Å²) in [4.78, 5) is 6.89. The lowest BCUT2D eigenvalue weighted by atomic mass is 10.1. The molecule has 4 nitrogen and oxygen atoms in total. The summed E-state index contributed by atoms with van der Waals surface area (Å²) in [5.74, 6) is 1.36. The molecule has 0 spiro atoms. The van der Waals surface area contributed by atoms with E-state index < -0.39 is 0 Å². The number of guanidine groups is 1. The summed E-state index contributed by atoms with van der Waals surface area (Å²) in [6.07, 6.45) is 3.78. The lowest BCUT2D eigenvalue weighted by Gasteiger charge is -2.11. The van der Waals surface area contributed by atoms with Crippen LogP contribution in [0.25, 0.3) is 0 Å². The largest absolute Gasteiger partial charge is 0.370 e. The van der Waals surface area contributed by atoms with Crippen molar-refractivity contribution in [3.05, 3.63) is 0 Å². The fourth-order valence-corrected chi connectivity index (χ4v) is 2.06. The molecule has 15 heavy (non-hydrogen) atoms. The van der Waals surface area contributed by atoms with Crippen molar-refractivity contribution in [2.45, 2.75) is 32.2 Å². The minimum absolute atomic E-state index is 0.615. The minimum atomic E-state index is 0.615. The predicted octanol–water partition coefficient (Wildman–Crippen LogP) is 0.395. The molecule has 86 valence electrons. The zero-order valence-corrected chi connectivity index (χ0v) is 9.58. The molecule has 1 aliphatic heterocycles. The fraction of sp³-hybridized carbons (Fsp3) is 0.909. The molecule has 2 fully saturated rings. The Bertz CT molecular complexity index is 235. The van der Waals surface area contributed by atoms with Crippen LogP contribution in [0.5, 0.6) is 0 Å². The van der Waals surface area contributed by atoms with E-state index in [1.165, 1.54) is 32.4 Å². The van der Waals surface area contributed by atoms with Gasteiger partial charge in [-0.15, -0.1) is 0 Å². The van der Waals surface area contributed by atoms with Crippen LogP contribution in [-0.4, -0.2) is 43.1 Å². The highest BCUT2D eigenvalue weighted by Crippen LogP contribution is 2.18. The molecule has 1 aliphatic carbocycles. The molecule has 1 heterocycles. The van der Waals surface area contributed by atoms with E-state index in [9.17, 15) is 0 Å². The van der Waals surface area contributed by atoms with Crippen molar-refractivity contribution < 1.29 is 0 Å². The second-order valence-corrected chi connectivity index (χ2v) is 4.69. The highest BCUT2D eigenvalue weighted by Gasteiger charge is 2.22. The van der Waals surface area contributed by atoms with E-state index in [2.05, 4.69) is 22.1 Å². The Labute approximate surface area is 91.9 Å². The van der Waals surface area contributed by atoms with Crippen LogP contribution < -0.4 is 11.1 Å². The Kier molecular flexibility index (Phi) is 3.46. The molecular weight excluding hydrogens is 188 g/mol. The van der Waals surface area contributed by atoms with Gasteiger partial charge < -0.3 is 16.0 Å². The number of likely N-dealkylation sites (tertiary alicyclic amines) is 1. The van der Waals surface area contributed by atoms with Gasteiger partial charge >= 0.3 is 0 Å². The molecule has 4 heteroatoms. The lowest BCUT2D eigenvalue weighted by Crippen LogP contribution is -2.34. The van der Waals surface area contributed by atoms with E-state index in [-0.39, 0.29) is 0 Å². The van der Waals surface area contributed by atoms with Crippen molar-refractivity contribution in [2.75, 3.05) is 26.2 Å². The van der Waals surface area contributed by atoms with Crippen LogP contribution in [0.4, 0.5) is 0 Å². The Morgan fingerprint density at radius 2 is 2.27 bits per heavy atom. The molecule has 2 rings (SSSR count). The quantitative estimate of drug-likeness (QED) is 0.521. The van der Waals surface area contributed by atoms with E-state index >= 15 is 0 Å². The highest BCUT2D eigenvalue weighted by atomic mass is 15.2. The first-order valence-electron chi connectivity index (χ1n) is 6.06. The first-order valence-corrected chi connectivity index (χ1v) is 6.06. The van der Waals surface area contributed by atoms with E-state index in [1.54, 1.807) is 0 Å². The SMILES string of the molecule is CCN1CCC(CN=C(N)NC2CC2)C1. The molecule has 1 saturated carbocycles. The number of hydrogen-bond acceptors (Lipinski definition) is 2. The van der Waals surface area contributed by atoms with Crippen molar-refractivity contribution in [1.29, 1.82) is 0 Å². The van der Waals surface area contributed by atoms with Crippen molar-refractivity contribution in [3.63, 3.8) is 0 Å². The van der Waals surface area contributed by atoms with Gasteiger partial charge in [-0.2, -0.15) is 0 Å². The van der Waals surface area contributed by atoms with Crippen LogP contribution >= 0.6 is 0 Å². The maximum absolute atomic E-state index is 5.79. The van der Waals surface area contributed by atoms with Gasteiger partial charge in [0.05, 0.1) is 0 Å². The first kappa shape index (κ1) is 10.7. The van der Waals surface area contributed by atoms with Crippen LogP contribution in [0, 0.1) is 5.92 Å². The van der Waals surface area contributed by atoms with E-state index in [1.807, 2.05) is 0 Å². The van der Waals surface area contributed by atoms with Crippen LogP contribution in [-0.2, 0) is 0 Å². The van der Waals surface area contributed by atoms with Gasteiger partial charge in [0.2, 0.25) is 0 Å². The molecule has 0 radical (unpaired) electrons. The second kappa shape index (κ2) is 4.84. The average molecular weight is 210 g/mol. The number of nitrogens with two attached hydrogens (primary N) is 1. The van der Waals surface area contributed by atoms with Gasteiger partial charge in [0.25, 0.3) is 0 Å². The Morgan fingerprint density at radius 3 is 2.87 bits per heavy atom. The van der Waals surface area contributed by atoms with E-state index in [0.717, 1.165) is 13.1 Å². The van der Waals surface area contributed by atoms with E-state index in [4.69, 9.17) is 5.73 Å². The Hall–Kier alpha value is -0.770. The molecule has 1 unspecified atom stereocenters. The van der Waals surface area contributed by atoms with Gasteiger partial charge in [-0.25, -0.2) is 0 Å². The van der Waals surface area contributed by atoms with E-state index in [0.29, 0.717) is 17.9 Å². The zero-order valence-electron chi connectivity index (χ0n) is 9.58. The van der Waals surface area contributed by atoms with Gasteiger partial charge in [0, 0.05) is 19.1 Å². The second-order valence-electron chi connectivity index (χ2n) is 4.69. The molecule has 0 amide bonds. The van der Waals surface area contributed by atoms with Gasteiger partial charge in [-0.1, -0.05) is 6.92 Å². The molecule has 0 bridgehead atoms. The summed E-state index contributed by atoms with van der Waals surface area (Å²) < 4.78 is 0. The fourth-order valence-electron chi connectivity index (χ4n) is 2.06. The van der Waals surface area contributed by atoms with Crippen molar-refractivity contribution in [1.82, 2.24) is 10.2 Å². The number of hydrogen-bond donors (Lipinski definition) is 2. The lowest BCUT2D eigenvalue weighted by molar-refractivity contribution is 0.343. The monoisotopic (exact) mass is 210 g/mol. The van der Waals surface area contributed by atoms with Crippen LogP contribution in [0.1, 0.15) is 26.2 Å². The maximum atomic E-state index is 5.79. The smallest absolute Gasteiger partial charge is 0.188 e. The molecule has 0 aromatic rings. The van der Waals surface area contributed by atoms with Crippen molar-refractivity contribution in [2.24, 2.45) is 16.6 Å². The highest BCUT2D eigenvalue weighted by molar-refractivity contribution is 5.78. The van der Waals surface area contributed by atoms with Crippen LogP contribution in [0.15, 0.2) is 4.99 Å². The van der Waals surface area contributed by atoms with Crippen LogP contribution in [0.3, 0.4) is 0 Å². The molecule has 0 aromatic heterocycles.